The first-order valence-corrected chi connectivity index (χ1v) is 5.10. The fourth-order valence-corrected chi connectivity index (χ4v) is 1.93. The van der Waals surface area contributed by atoms with Crippen LogP contribution < -0.4 is 5.32 Å². The third kappa shape index (κ3) is 1.43. The number of nitrogens with one attached hydrogen (secondary N) is 1. The summed E-state index contributed by atoms with van der Waals surface area (Å²) in [6, 6.07) is 3.99. The monoisotopic (exact) mass is 200 g/mol. The van der Waals surface area contributed by atoms with Crippen molar-refractivity contribution in [2.75, 3.05) is 6.54 Å². The highest BCUT2D eigenvalue weighted by atomic mass is 15.1. The normalized spacial score (nSPS) is 14.9. The number of nitrogens with zero attached hydrogens (tertiary/aromatic N) is 3. The summed E-state index contributed by atoms with van der Waals surface area (Å²) in [6.45, 7) is 2.91. The molecule has 3 rings (SSSR count). The van der Waals surface area contributed by atoms with Crippen molar-refractivity contribution >= 4 is 0 Å². The van der Waals surface area contributed by atoms with Crippen molar-refractivity contribution in [2.24, 2.45) is 0 Å². The van der Waals surface area contributed by atoms with E-state index in [0.717, 1.165) is 31.0 Å². The first-order valence-electron chi connectivity index (χ1n) is 5.10. The van der Waals surface area contributed by atoms with Crippen LogP contribution in [0.25, 0.3) is 11.4 Å². The molecule has 0 saturated carbocycles. The third-order valence-electron chi connectivity index (χ3n) is 2.68. The number of hydrogen-bond donors (Lipinski definition) is 1. The lowest BCUT2D eigenvalue weighted by molar-refractivity contribution is 0.519. The molecule has 76 valence electrons. The summed E-state index contributed by atoms with van der Waals surface area (Å²) < 4.78 is 2.26. The zero-order chi connectivity index (χ0) is 10.1. The maximum atomic E-state index is 4.45. The van der Waals surface area contributed by atoms with Crippen LogP contribution in [0.5, 0.6) is 0 Å². The highest BCUT2D eigenvalue weighted by Gasteiger charge is 2.14. The highest BCUT2D eigenvalue weighted by molar-refractivity contribution is 5.54. The summed E-state index contributed by atoms with van der Waals surface area (Å²) in [4.78, 5) is 8.57. The van der Waals surface area contributed by atoms with Gasteiger partial charge < -0.3 is 9.88 Å². The van der Waals surface area contributed by atoms with Gasteiger partial charge >= 0.3 is 0 Å². The topological polar surface area (TPSA) is 42.7 Å². The molecule has 0 atom stereocenters. The predicted octanol–water partition coefficient (Wildman–Crippen LogP) is 1.05. The van der Waals surface area contributed by atoms with Crippen LogP contribution in [0.1, 0.15) is 5.69 Å². The van der Waals surface area contributed by atoms with Gasteiger partial charge in [-0.25, -0.2) is 4.98 Å². The lowest BCUT2D eigenvalue weighted by Gasteiger charge is -2.17. The Morgan fingerprint density at radius 2 is 2.33 bits per heavy atom. The molecule has 2 aromatic rings. The molecule has 0 saturated heterocycles. The summed E-state index contributed by atoms with van der Waals surface area (Å²) in [5, 5.41) is 3.33. The summed E-state index contributed by atoms with van der Waals surface area (Å²) in [6.07, 6.45) is 5.58. The van der Waals surface area contributed by atoms with Gasteiger partial charge in [-0.1, -0.05) is 0 Å². The molecule has 0 spiro atoms. The number of pyridine rings is 1. The largest absolute Gasteiger partial charge is 0.326 e. The third-order valence-corrected chi connectivity index (χ3v) is 2.68. The van der Waals surface area contributed by atoms with Crippen molar-refractivity contribution in [3.8, 4) is 11.4 Å². The minimum Gasteiger partial charge on any atom is -0.326 e. The van der Waals surface area contributed by atoms with Crippen LogP contribution in [0, 0.1) is 0 Å². The zero-order valence-electron chi connectivity index (χ0n) is 8.35. The Morgan fingerprint density at radius 1 is 1.33 bits per heavy atom. The summed E-state index contributed by atoms with van der Waals surface area (Å²) in [5.41, 5.74) is 2.34. The molecule has 0 bridgehead atoms. The highest BCUT2D eigenvalue weighted by Crippen LogP contribution is 2.19. The van der Waals surface area contributed by atoms with Gasteiger partial charge in [0.1, 0.15) is 5.82 Å². The number of aromatic nitrogens is 3. The molecule has 0 fully saturated rings. The first-order chi connectivity index (χ1) is 7.45. The summed E-state index contributed by atoms with van der Waals surface area (Å²) >= 11 is 0. The molecule has 4 heteroatoms. The van der Waals surface area contributed by atoms with Crippen LogP contribution in [0.15, 0.2) is 30.7 Å². The van der Waals surface area contributed by atoms with Crippen LogP contribution in [-0.4, -0.2) is 21.1 Å². The summed E-state index contributed by atoms with van der Waals surface area (Å²) in [7, 11) is 0. The zero-order valence-corrected chi connectivity index (χ0v) is 8.35. The van der Waals surface area contributed by atoms with Crippen molar-refractivity contribution in [3.05, 3.63) is 36.4 Å². The van der Waals surface area contributed by atoms with Crippen molar-refractivity contribution in [2.45, 2.75) is 13.1 Å². The van der Waals surface area contributed by atoms with E-state index in [1.807, 2.05) is 24.5 Å². The first kappa shape index (κ1) is 8.61. The van der Waals surface area contributed by atoms with Gasteiger partial charge in [-0.15, -0.1) is 0 Å². The maximum Gasteiger partial charge on any atom is 0.141 e. The van der Waals surface area contributed by atoms with Gasteiger partial charge in [-0.3, -0.25) is 4.98 Å². The van der Waals surface area contributed by atoms with Gasteiger partial charge in [0.15, 0.2) is 0 Å². The molecular weight excluding hydrogens is 188 g/mol. The number of imidazole rings is 1. The average molecular weight is 200 g/mol. The number of hydrogen-bond acceptors (Lipinski definition) is 3. The molecule has 1 N–H and O–H groups in total. The van der Waals surface area contributed by atoms with Gasteiger partial charge in [0.05, 0.1) is 11.9 Å². The quantitative estimate of drug-likeness (QED) is 0.748. The second-order valence-corrected chi connectivity index (χ2v) is 3.64. The summed E-state index contributed by atoms with van der Waals surface area (Å²) in [5.74, 6) is 1.03. The van der Waals surface area contributed by atoms with Gasteiger partial charge in [-0.2, -0.15) is 0 Å². The molecule has 1 aliphatic heterocycles. The Bertz CT molecular complexity index is 461. The molecule has 4 nitrogen and oxygen atoms in total. The van der Waals surface area contributed by atoms with Crippen molar-refractivity contribution in [1.82, 2.24) is 19.9 Å². The molecule has 1 aliphatic rings. The van der Waals surface area contributed by atoms with E-state index in [1.165, 1.54) is 5.69 Å². The van der Waals surface area contributed by atoms with Crippen LogP contribution in [0.4, 0.5) is 0 Å². The van der Waals surface area contributed by atoms with Crippen LogP contribution in [0.2, 0.25) is 0 Å². The maximum absolute atomic E-state index is 4.45. The molecule has 3 heterocycles. The minimum absolute atomic E-state index is 0.910. The minimum atomic E-state index is 0.910. The predicted molar refractivity (Wildman–Crippen MR) is 57.2 cm³/mol. The van der Waals surface area contributed by atoms with Crippen LogP contribution >= 0.6 is 0 Å². The lowest BCUT2D eigenvalue weighted by Crippen LogP contribution is -2.27. The Labute approximate surface area is 88.0 Å². The van der Waals surface area contributed by atoms with E-state index in [0.29, 0.717) is 0 Å². The molecule has 15 heavy (non-hydrogen) atoms. The number of rotatable bonds is 1. The second-order valence-electron chi connectivity index (χ2n) is 3.64. The number of fused-ring (bicyclic) bond motifs is 1. The standard InChI is InChI=1S/C11H12N4/c1-2-9(6-12-3-1)11-14-8-10-7-13-4-5-15(10)11/h1-3,6,8,13H,4-5,7H2. The van der Waals surface area contributed by atoms with E-state index in [1.54, 1.807) is 6.20 Å². The Balaban J connectivity index is 2.09. The average Bonchev–Trinajstić information content (AvgIpc) is 2.74. The van der Waals surface area contributed by atoms with Gasteiger partial charge in [-0.05, 0) is 12.1 Å². The molecule has 0 radical (unpaired) electrons. The Kier molecular flexibility index (Phi) is 1.99. The van der Waals surface area contributed by atoms with E-state index in [2.05, 4.69) is 19.9 Å². The van der Waals surface area contributed by atoms with Gasteiger partial charge in [0.2, 0.25) is 0 Å². The van der Waals surface area contributed by atoms with E-state index in [9.17, 15) is 0 Å². The SMILES string of the molecule is c1cncc(-c2ncc3n2CCNC3)c1. The Hall–Kier alpha value is -1.68. The van der Waals surface area contributed by atoms with E-state index < -0.39 is 0 Å². The lowest BCUT2D eigenvalue weighted by atomic mass is 10.2. The molecule has 0 amide bonds. The van der Waals surface area contributed by atoms with E-state index >= 15 is 0 Å². The molecule has 0 aliphatic carbocycles. The van der Waals surface area contributed by atoms with Crippen molar-refractivity contribution in [3.63, 3.8) is 0 Å². The molecular formula is C11H12N4. The Morgan fingerprint density at radius 3 is 3.20 bits per heavy atom. The van der Waals surface area contributed by atoms with E-state index in [4.69, 9.17) is 0 Å². The van der Waals surface area contributed by atoms with Gasteiger partial charge in [0.25, 0.3) is 0 Å². The van der Waals surface area contributed by atoms with Gasteiger partial charge in [0, 0.05) is 37.6 Å². The second kappa shape index (κ2) is 3.47. The van der Waals surface area contributed by atoms with Crippen LogP contribution in [0.3, 0.4) is 0 Å². The molecule has 0 unspecified atom stereocenters. The fraction of sp³-hybridized carbons (Fsp3) is 0.273. The van der Waals surface area contributed by atoms with Crippen LogP contribution in [-0.2, 0) is 13.1 Å². The molecule has 2 aromatic heterocycles. The fourth-order valence-electron chi connectivity index (χ4n) is 1.93. The van der Waals surface area contributed by atoms with E-state index in [-0.39, 0.29) is 0 Å². The van der Waals surface area contributed by atoms with Crippen molar-refractivity contribution in [1.29, 1.82) is 0 Å². The smallest absolute Gasteiger partial charge is 0.141 e. The van der Waals surface area contributed by atoms with Crippen molar-refractivity contribution < 1.29 is 0 Å². The molecule has 0 aromatic carbocycles.